The van der Waals surface area contributed by atoms with Gasteiger partial charge in [-0.05, 0) is 15.9 Å². The zero-order valence-corrected chi connectivity index (χ0v) is 11.1. The highest BCUT2D eigenvalue weighted by atomic mass is 79.9. The zero-order chi connectivity index (χ0) is 14.2. The van der Waals surface area contributed by atoms with Gasteiger partial charge in [-0.15, -0.1) is 0 Å². The van der Waals surface area contributed by atoms with Gasteiger partial charge in [0.1, 0.15) is 5.56 Å². The standard InChI is InChI=1S/C10H10BrF4N3/c1-18(2)9-7(12)5(10(13,14)15)6(11)4(3-16)8(9)17/h3,16H,17H2,1-2H3. The molecule has 1 aromatic rings. The minimum atomic E-state index is -4.88. The molecule has 0 radical (unpaired) electrons. The molecule has 0 heterocycles. The SMILES string of the molecule is CN(C)c1c(N)c(C=N)c(Br)c(C(F)(F)F)c1F. The maximum atomic E-state index is 13.9. The highest BCUT2D eigenvalue weighted by molar-refractivity contribution is 9.10. The Labute approximate surface area is 109 Å². The molecule has 0 saturated carbocycles. The molecule has 0 aromatic heterocycles. The van der Waals surface area contributed by atoms with E-state index >= 15 is 0 Å². The van der Waals surface area contributed by atoms with Crippen molar-refractivity contribution in [3.8, 4) is 0 Å². The van der Waals surface area contributed by atoms with Gasteiger partial charge in [-0.3, -0.25) is 0 Å². The molecule has 8 heteroatoms. The van der Waals surface area contributed by atoms with Crippen molar-refractivity contribution in [1.29, 1.82) is 5.41 Å². The number of hydrogen-bond donors (Lipinski definition) is 2. The summed E-state index contributed by atoms with van der Waals surface area (Å²) in [6, 6.07) is 0. The van der Waals surface area contributed by atoms with Gasteiger partial charge in [0.05, 0.1) is 11.4 Å². The van der Waals surface area contributed by atoms with Crippen molar-refractivity contribution in [3.05, 3.63) is 21.4 Å². The lowest BCUT2D eigenvalue weighted by atomic mass is 10.1. The van der Waals surface area contributed by atoms with Crippen LogP contribution in [0.25, 0.3) is 0 Å². The predicted octanol–water partition coefficient (Wildman–Crippen LogP) is 3.25. The highest BCUT2D eigenvalue weighted by Crippen LogP contribution is 2.44. The van der Waals surface area contributed by atoms with Gasteiger partial charge in [-0.2, -0.15) is 13.2 Å². The van der Waals surface area contributed by atoms with Gasteiger partial charge in [0.2, 0.25) is 0 Å². The second kappa shape index (κ2) is 4.75. The number of nitrogen functional groups attached to an aromatic ring is 1. The van der Waals surface area contributed by atoms with Crippen LogP contribution in [0.1, 0.15) is 11.1 Å². The Hall–Kier alpha value is -1.31. The van der Waals surface area contributed by atoms with E-state index in [0.29, 0.717) is 6.21 Å². The average molecular weight is 328 g/mol. The van der Waals surface area contributed by atoms with E-state index < -0.39 is 22.0 Å². The van der Waals surface area contributed by atoms with Crippen LogP contribution in [-0.4, -0.2) is 20.3 Å². The lowest BCUT2D eigenvalue weighted by Gasteiger charge is -2.22. The summed E-state index contributed by atoms with van der Waals surface area (Å²) in [6.07, 6.45) is -4.22. The van der Waals surface area contributed by atoms with Crippen molar-refractivity contribution in [1.82, 2.24) is 0 Å². The number of nitrogens with one attached hydrogen (secondary N) is 1. The molecule has 0 saturated heterocycles. The zero-order valence-electron chi connectivity index (χ0n) is 9.49. The number of anilines is 2. The topological polar surface area (TPSA) is 53.1 Å². The summed E-state index contributed by atoms with van der Waals surface area (Å²) in [5.74, 6) is -1.46. The Morgan fingerprint density at radius 3 is 2.17 bits per heavy atom. The van der Waals surface area contributed by atoms with E-state index in [1.807, 2.05) is 0 Å². The van der Waals surface area contributed by atoms with E-state index in [9.17, 15) is 17.6 Å². The fourth-order valence-corrected chi connectivity index (χ4v) is 2.27. The first-order valence-electron chi connectivity index (χ1n) is 4.68. The summed E-state index contributed by atoms with van der Waals surface area (Å²) in [6.45, 7) is 0. The number of halogens is 5. The maximum absolute atomic E-state index is 13.9. The normalized spacial score (nSPS) is 11.5. The fourth-order valence-electron chi connectivity index (χ4n) is 1.54. The van der Waals surface area contributed by atoms with Crippen molar-refractivity contribution >= 4 is 33.5 Å². The molecule has 0 fully saturated rings. The van der Waals surface area contributed by atoms with Gasteiger partial charge < -0.3 is 16.0 Å². The van der Waals surface area contributed by atoms with E-state index in [4.69, 9.17) is 11.1 Å². The van der Waals surface area contributed by atoms with Crippen LogP contribution >= 0.6 is 15.9 Å². The molecule has 0 aliphatic heterocycles. The van der Waals surface area contributed by atoms with Gasteiger partial charge in [0.15, 0.2) is 5.82 Å². The lowest BCUT2D eigenvalue weighted by molar-refractivity contribution is -0.140. The maximum Gasteiger partial charge on any atom is 0.420 e. The van der Waals surface area contributed by atoms with Crippen LogP contribution in [0.5, 0.6) is 0 Å². The first-order chi connectivity index (χ1) is 8.12. The van der Waals surface area contributed by atoms with E-state index in [0.717, 1.165) is 4.90 Å². The molecule has 0 spiro atoms. The Balaban J connectivity index is 3.84. The molecule has 0 amide bonds. The van der Waals surface area contributed by atoms with Gasteiger partial charge >= 0.3 is 6.18 Å². The summed E-state index contributed by atoms with van der Waals surface area (Å²) < 4.78 is 51.7. The van der Waals surface area contributed by atoms with Crippen molar-refractivity contribution in [2.24, 2.45) is 0 Å². The third kappa shape index (κ3) is 2.29. The largest absolute Gasteiger partial charge is 0.420 e. The molecule has 0 bridgehead atoms. The average Bonchev–Trinajstić information content (AvgIpc) is 2.14. The van der Waals surface area contributed by atoms with Crippen LogP contribution in [-0.2, 0) is 6.18 Å². The first kappa shape index (κ1) is 14.7. The summed E-state index contributed by atoms with van der Waals surface area (Å²) in [7, 11) is 2.74. The van der Waals surface area contributed by atoms with Crippen molar-refractivity contribution < 1.29 is 17.6 Å². The number of hydrogen-bond acceptors (Lipinski definition) is 3. The van der Waals surface area contributed by atoms with Crippen molar-refractivity contribution in [3.63, 3.8) is 0 Å². The van der Waals surface area contributed by atoms with Crippen LogP contribution in [0.3, 0.4) is 0 Å². The van der Waals surface area contributed by atoms with Crippen molar-refractivity contribution in [2.45, 2.75) is 6.18 Å². The third-order valence-corrected chi connectivity index (χ3v) is 3.13. The first-order valence-corrected chi connectivity index (χ1v) is 5.47. The van der Waals surface area contributed by atoms with Crippen LogP contribution in [0.15, 0.2) is 4.47 Å². The molecule has 0 atom stereocenters. The number of nitrogens with two attached hydrogens (primary N) is 1. The molecular formula is C10H10BrF4N3. The third-order valence-electron chi connectivity index (χ3n) is 2.30. The van der Waals surface area contributed by atoms with Crippen LogP contribution in [0.2, 0.25) is 0 Å². The predicted molar refractivity (Wildman–Crippen MR) is 65.7 cm³/mol. The number of benzene rings is 1. The second-order valence-corrected chi connectivity index (χ2v) is 4.51. The summed E-state index contributed by atoms with van der Waals surface area (Å²) in [5.41, 5.74) is 3.32. The smallest absolute Gasteiger partial charge is 0.396 e. The molecular weight excluding hydrogens is 318 g/mol. The summed E-state index contributed by atoms with van der Waals surface area (Å²) >= 11 is 2.65. The van der Waals surface area contributed by atoms with E-state index in [1.165, 1.54) is 14.1 Å². The Bertz CT molecular complexity index is 497. The Morgan fingerprint density at radius 1 is 1.33 bits per heavy atom. The molecule has 1 aromatic carbocycles. The Kier molecular flexibility index (Phi) is 3.89. The number of alkyl halides is 3. The molecule has 0 aliphatic rings. The van der Waals surface area contributed by atoms with Gasteiger partial charge in [-0.25, -0.2) is 4.39 Å². The second-order valence-electron chi connectivity index (χ2n) is 3.72. The Morgan fingerprint density at radius 2 is 1.83 bits per heavy atom. The molecule has 18 heavy (non-hydrogen) atoms. The molecule has 3 N–H and O–H groups in total. The quantitative estimate of drug-likeness (QED) is 0.497. The molecule has 3 nitrogen and oxygen atoms in total. The van der Waals surface area contributed by atoms with Crippen LogP contribution < -0.4 is 10.6 Å². The molecule has 100 valence electrons. The monoisotopic (exact) mass is 327 g/mol. The highest BCUT2D eigenvalue weighted by Gasteiger charge is 2.40. The molecule has 1 rings (SSSR count). The molecule has 0 aliphatic carbocycles. The summed E-state index contributed by atoms with van der Waals surface area (Å²) in [4.78, 5) is 1.14. The van der Waals surface area contributed by atoms with Gasteiger partial charge in [0.25, 0.3) is 0 Å². The minimum absolute atomic E-state index is 0.201. The van der Waals surface area contributed by atoms with E-state index in [2.05, 4.69) is 15.9 Å². The summed E-state index contributed by atoms with van der Waals surface area (Å²) in [5, 5.41) is 7.09. The van der Waals surface area contributed by atoms with Crippen molar-refractivity contribution in [2.75, 3.05) is 24.7 Å². The van der Waals surface area contributed by atoms with Crippen LogP contribution in [0.4, 0.5) is 28.9 Å². The lowest BCUT2D eigenvalue weighted by Crippen LogP contribution is -2.20. The number of nitrogens with zero attached hydrogens (tertiary/aromatic N) is 1. The van der Waals surface area contributed by atoms with Crippen LogP contribution in [0, 0.1) is 11.2 Å². The van der Waals surface area contributed by atoms with E-state index in [1.54, 1.807) is 0 Å². The van der Waals surface area contributed by atoms with Gasteiger partial charge in [-0.1, -0.05) is 0 Å². The fraction of sp³-hybridized carbons (Fsp3) is 0.300. The number of rotatable bonds is 2. The van der Waals surface area contributed by atoms with E-state index in [-0.39, 0.29) is 16.9 Å². The minimum Gasteiger partial charge on any atom is -0.396 e. The van der Waals surface area contributed by atoms with Gasteiger partial charge in [0, 0.05) is 30.3 Å². The molecule has 0 unspecified atom stereocenters.